The average Bonchev–Trinajstić information content (AvgIpc) is 3.26. The Labute approximate surface area is 190 Å². The third-order valence-corrected chi connectivity index (χ3v) is 5.25. The first-order chi connectivity index (χ1) is 15.6. The highest BCUT2D eigenvalue weighted by atomic mass is 35.5. The van der Waals surface area contributed by atoms with Crippen LogP contribution in [-0.2, 0) is 31.6 Å². The second kappa shape index (κ2) is 8.52. The van der Waals surface area contributed by atoms with Crippen molar-refractivity contribution in [2.75, 3.05) is 13.9 Å². The minimum atomic E-state index is -4.55. The SMILES string of the molecule is COCOc1cc(-c2nc(C(F)(F)F)cn2C)ccc1Cn1c(=N)n(C)c2cnc(Cl)nc21. The molecule has 0 aliphatic heterocycles. The number of imidazole rings is 2. The average molecular weight is 482 g/mol. The van der Waals surface area contributed by atoms with Crippen LogP contribution in [0.3, 0.4) is 0 Å². The molecule has 0 aliphatic rings. The Morgan fingerprint density at radius 1 is 1.18 bits per heavy atom. The highest BCUT2D eigenvalue weighted by Crippen LogP contribution is 2.32. The van der Waals surface area contributed by atoms with E-state index in [-0.39, 0.29) is 30.1 Å². The van der Waals surface area contributed by atoms with Crippen molar-refractivity contribution in [1.29, 1.82) is 5.41 Å². The van der Waals surface area contributed by atoms with Gasteiger partial charge >= 0.3 is 6.18 Å². The number of nitrogens with zero attached hydrogens (tertiary/aromatic N) is 6. The number of hydrogen-bond acceptors (Lipinski definition) is 6. The highest BCUT2D eigenvalue weighted by molar-refractivity contribution is 6.28. The van der Waals surface area contributed by atoms with E-state index in [0.29, 0.717) is 28.0 Å². The van der Waals surface area contributed by atoms with Gasteiger partial charge in [-0.15, -0.1) is 0 Å². The summed E-state index contributed by atoms with van der Waals surface area (Å²) in [6, 6.07) is 4.94. The van der Waals surface area contributed by atoms with E-state index >= 15 is 0 Å². The van der Waals surface area contributed by atoms with Gasteiger partial charge in [-0.2, -0.15) is 18.2 Å². The number of alkyl halides is 3. The normalized spacial score (nSPS) is 12.0. The van der Waals surface area contributed by atoms with Gasteiger partial charge in [-0.3, -0.25) is 9.98 Å². The molecule has 3 heterocycles. The number of aryl methyl sites for hydroxylation is 2. The molecule has 1 N–H and O–H groups in total. The summed E-state index contributed by atoms with van der Waals surface area (Å²) >= 11 is 5.96. The molecule has 0 radical (unpaired) electrons. The fourth-order valence-electron chi connectivity index (χ4n) is 3.45. The highest BCUT2D eigenvalue weighted by Gasteiger charge is 2.34. The van der Waals surface area contributed by atoms with Gasteiger partial charge in [-0.05, 0) is 17.7 Å². The maximum atomic E-state index is 13.1. The van der Waals surface area contributed by atoms with Crippen molar-refractivity contribution >= 4 is 22.8 Å². The second-order valence-electron chi connectivity index (χ2n) is 7.25. The van der Waals surface area contributed by atoms with Gasteiger partial charge in [0.05, 0.1) is 12.7 Å². The standard InChI is InChI=1S/C20H19ClF3N7O2/c1-29-9-15(20(22,23)24)27-16(29)11-4-5-12(14(6-11)33-10-32-3)8-31-17-13(30(2)19(31)25)7-26-18(21)28-17/h4-7,9,25H,8,10H2,1-3H3. The lowest BCUT2D eigenvalue weighted by Crippen LogP contribution is -2.23. The summed E-state index contributed by atoms with van der Waals surface area (Å²) in [6.45, 7) is 0.115. The predicted octanol–water partition coefficient (Wildman–Crippen LogP) is 3.35. The first-order valence-electron chi connectivity index (χ1n) is 9.58. The molecule has 174 valence electrons. The van der Waals surface area contributed by atoms with Crippen molar-refractivity contribution in [3.63, 3.8) is 0 Å². The number of benzene rings is 1. The Kier molecular flexibility index (Phi) is 5.89. The second-order valence-corrected chi connectivity index (χ2v) is 7.59. The molecule has 33 heavy (non-hydrogen) atoms. The van der Waals surface area contributed by atoms with Crippen molar-refractivity contribution in [3.05, 3.63) is 52.8 Å². The summed E-state index contributed by atoms with van der Waals surface area (Å²) in [4.78, 5) is 11.9. The quantitative estimate of drug-likeness (QED) is 0.336. The number of hydrogen-bond donors (Lipinski definition) is 1. The topological polar surface area (TPSA) is 95.8 Å². The molecule has 1 aromatic carbocycles. The molecule has 13 heteroatoms. The smallest absolute Gasteiger partial charge is 0.434 e. The van der Waals surface area contributed by atoms with E-state index in [2.05, 4.69) is 15.0 Å². The predicted molar refractivity (Wildman–Crippen MR) is 113 cm³/mol. The third-order valence-electron chi connectivity index (χ3n) is 5.06. The molecule has 4 aromatic rings. The van der Waals surface area contributed by atoms with Crippen LogP contribution in [0.5, 0.6) is 5.75 Å². The maximum Gasteiger partial charge on any atom is 0.434 e. The zero-order valence-corrected chi connectivity index (χ0v) is 18.6. The lowest BCUT2D eigenvalue weighted by atomic mass is 10.1. The fraction of sp³-hybridized carbons (Fsp3) is 0.300. The Bertz CT molecular complexity index is 1390. The van der Waals surface area contributed by atoms with Gasteiger partial charge in [0, 0.05) is 38.5 Å². The van der Waals surface area contributed by atoms with Gasteiger partial charge < -0.3 is 18.6 Å². The Morgan fingerprint density at radius 2 is 1.94 bits per heavy atom. The zero-order chi connectivity index (χ0) is 23.9. The van der Waals surface area contributed by atoms with Crippen LogP contribution >= 0.6 is 11.6 Å². The monoisotopic (exact) mass is 481 g/mol. The molecule has 0 saturated heterocycles. The van der Waals surface area contributed by atoms with Crippen LogP contribution in [0.1, 0.15) is 11.3 Å². The van der Waals surface area contributed by atoms with Gasteiger partial charge in [0.15, 0.2) is 18.1 Å². The summed E-state index contributed by atoms with van der Waals surface area (Å²) in [5, 5.41) is 8.49. The molecule has 0 amide bonds. The van der Waals surface area contributed by atoms with Gasteiger partial charge in [0.2, 0.25) is 10.9 Å². The molecule has 0 aliphatic carbocycles. The molecule has 0 fully saturated rings. The van der Waals surface area contributed by atoms with Crippen LogP contribution in [0, 0.1) is 5.41 Å². The van der Waals surface area contributed by atoms with Crippen LogP contribution in [0.15, 0.2) is 30.6 Å². The Morgan fingerprint density at radius 3 is 2.61 bits per heavy atom. The summed E-state index contributed by atoms with van der Waals surface area (Å²) < 4.78 is 54.5. The molecule has 0 bridgehead atoms. The largest absolute Gasteiger partial charge is 0.467 e. The van der Waals surface area contributed by atoms with Gasteiger partial charge in [-0.1, -0.05) is 12.1 Å². The molecular formula is C20H19ClF3N7O2. The van der Waals surface area contributed by atoms with Crippen molar-refractivity contribution in [2.45, 2.75) is 12.7 Å². The summed E-state index contributed by atoms with van der Waals surface area (Å²) in [7, 11) is 4.66. The maximum absolute atomic E-state index is 13.1. The molecule has 3 aromatic heterocycles. The van der Waals surface area contributed by atoms with Gasteiger partial charge in [-0.25, -0.2) is 9.97 Å². The number of ether oxygens (including phenoxy) is 2. The lowest BCUT2D eigenvalue weighted by molar-refractivity contribution is -0.140. The van der Waals surface area contributed by atoms with Crippen LogP contribution in [0.4, 0.5) is 13.2 Å². The summed E-state index contributed by atoms with van der Waals surface area (Å²) in [5.74, 6) is 0.504. The van der Waals surface area contributed by atoms with E-state index in [9.17, 15) is 13.2 Å². The van der Waals surface area contributed by atoms with Crippen molar-refractivity contribution < 1.29 is 22.6 Å². The van der Waals surface area contributed by atoms with Crippen molar-refractivity contribution in [2.24, 2.45) is 14.1 Å². The van der Waals surface area contributed by atoms with Crippen LogP contribution in [0.2, 0.25) is 5.28 Å². The van der Waals surface area contributed by atoms with E-state index in [0.717, 1.165) is 6.20 Å². The number of methoxy groups -OCH3 is 1. The summed E-state index contributed by atoms with van der Waals surface area (Å²) in [5.41, 5.74) is 1.34. The van der Waals surface area contributed by atoms with Gasteiger partial charge in [0.25, 0.3) is 0 Å². The summed E-state index contributed by atoms with van der Waals surface area (Å²) in [6.07, 6.45) is -2.09. The zero-order valence-electron chi connectivity index (χ0n) is 17.8. The fourth-order valence-corrected chi connectivity index (χ4v) is 3.58. The van der Waals surface area contributed by atoms with Crippen molar-refractivity contribution in [3.8, 4) is 17.1 Å². The number of aromatic nitrogens is 6. The Balaban J connectivity index is 1.79. The van der Waals surface area contributed by atoms with Crippen LogP contribution in [0.25, 0.3) is 22.6 Å². The number of nitrogens with one attached hydrogen (secondary N) is 1. The minimum Gasteiger partial charge on any atom is -0.467 e. The van der Waals surface area contributed by atoms with Gasteiger partial charge in [0.1, 0.15) is 17.1 Å². The third kappa shape index (κ3) is 4.31. The molecule has 0 unspecified atom stereocenters. The van der Waals surface area contributed by atoms with E-state index in [1.165, 1.54) is 24.9 Å². The number of rotatable bonds is 6. The first-order valence-corrected chi connectivity index (χ1v) is 9.96. The van der Waals surface area contributed by atoms with E-state index < -0.39 is 11.9 Å². The molecule has 9 nitrogen and oxygen atoms in total. The minimum absolute atomic E-state index is 0.0447. The van der Waals surface area contributed by atoms with E-state index in [4.69, 9.17) is 26.5 Å². The molecule has 4 rings (SSSR count). The molecule has 0 saturated carbocycles. The molecule has 0 atom stereocenters. The molecule has 0 spiro atoms. The van der Waals surface area contributed by atoms with E-state index in [1.54, 1.807) is 34.4 Å². The van der Waals surface area contributed by atoms with Crippen LogP contribution < -0.4 is 10.4 Å². The molecular weight excluding hydrogens is 463 g/mol. The van der Waals surface area contributed by atoms with Crippen molar-refractivity contribution in [1.82, 2.24) is 28.7 Å². The van der Waals surface area contributed by atoms with E-state index in [1.807, 2.05) is 0 Å². The number of halogens is 4. The Hall–Kier alpha value is -3.38. The number of fused-ring (bicyclic) bond motifs is 1. The lowest BCUT2D eigenvalue weighted by Gasteiger charge is -2.14. The first kappa shape index (κ1) is 22.8. The van der Waals surface area contributed by atoms with Crippen LogP contribution in [-0.4, -0.2) is 42.6 Å².